The number of rotatable bonds is 2. The standard InChI is InChI=1S/C23H34FNO6S/c1-13(26)17-4-5-18-16-10-20-23(24)11-15(31-14(2)27)6-9-22(23,12-30-32(28,29)25-20)19(16)7-8-21(17,18)3/h15-20,25H,4-12H2,1-3H3/t15-,16-,17+,18-,19-,20+,21+,22-,23-/m0/s1. The van der Waals surface area contributed by atoms with Crippen LogP contribution in [-0.2, 0) is 28.8 Å². The molecular formula is C23H34FNO6S. The van der Waals surface area contributed by atoms with Gasteiger partial charge in [0.1, 0.15) is 17.6 Å². The maximum absolute atomic E-state index is 17.2. The summed E-state index contributed by atoms with van der Waals surface area (Å²) in [6.45, 7) is 5.03. The van der Waals surface area contributed by atoms with Gasteiger partial charge in [-0.15, -0.1) is 0 Å². The Bertz CT molecular complexity index is 941. The zero-order valence-corrected chi connectivity index (χ0v) is 19.9. The quantitative estimate of drug-likeness (QED) is 0.622. The van der Waals surface area contributed by atoms with E-state index in [1.165, 1.54) is 6.92 Å². The molecule has 9 atom stereocenters. The molecule has 0 amide bonds. The lowest BCUT2D eigenvalue weighted by molar-refractivity contribution is -0.214. The van der Waals surface area contributed by atoms with Crippen LogP contribution in [0.5, 0.6) is 0 Å². The van der Waals surface area contributed by atoms with Crippen LogP contribution in [0.4, 0.5) is 4.39 Å². The van der Waals surface area contributed by atoms with Gasteiger partial charge in [0.2, 0.25) is 0 Å². The second-order valence-electron chi connectivity index (χ2n) is 11.3. The summed E-state index contributed by atoms with van der Waals surface area (Å²) in [4.78, 5) is 23.9. The number of halogens is 1. The SMILES string of the molecule is CC(=O)O[C@H]1CC[C@]23COS(=O)(=O)N[C@H](C[C@H]4[C@@H]5CC[C@H](C(C)=O)[C@@]5(C)CC[C@@H]42)[C@@]3(F)C1. The minimum atomic E-state index is -4.07. The van der Waals surface area contributed by atoms with E-state index in [2.05, 4.69) is 11.6 Å². The van der Waals surface area contributed by atoms with Gasteiger partial charge < -0.3 is 4.74 Å². The van der Waals surface area contributed by atoms with Gasteiger partial charge >= 0.3 is 16.3 Å². The highest BCUT2D eigenvalue weighted by molar-refractivity contribution is 7.84. The van der Waals surface area contributed by atoms with Crippen LogP contribution in [0.3, 0.4) is 0 Å². The molecule has 0 aromatic heterocycles. The Balaban J connectivity index is 1.56. The lowest BCUT2D eigenvalue weighted by Crippen LogP contribution is -2.70. The van der Waals surface area contributed by atoms with Crippen molar-refractivity contribution in [1.82, 2.24) is 4.72 Å². The van der Waals surface area contributed by atoms with Crippen molar-refractivity contribution in [2.75, 3.05) is 6.61 Å². The Morgan fingerprint density at radius 3 is 2.53 bits per heavy atom. The van der Waals surface area contributed by atoms with E-state index in [1.54, 1.807) is 6.92 Å². The fourth-order valence-electron chi connectivity index (χ4n) is 8.84. The molecule has 1 aliphatic heterocycles. The summed E-state index contributed by atoms with van der Waals surface area (Å²) in [5.74, 6) is 0.205. The summed E-state index contributed by atoms with van der Waals surface area (Å²) in [7, 11) is -4.07. The Kier molecular flexibility index (Phi) is 5.12. The Labute approximate surface area is 189 Å². The first-order valence-corrected chi connectivity index (χ1v) is 13.4. The molecule has 0 spiro atoms. The van der Waals surface area contributed by atoms with E-state index in [-0.39, 0.29) is 47.9 Å². The summed E-state index contributed by atoms with van der Waals surface area (Å²) < 4.78 is 55.6. The highest BCUT2D eigenvalue weighted by Crippen LogP contribution is 2.70. The van der Waals surface area contributed by atoms with Crippen LogP contribution in [0.25, 0.3) is 0 Å². The van der Waals surface area contributed by atoms with Gasteiger partial charge in [-0.1, -0.05) is 6.92 Å². The number of ether oxygens (including phenoxy) is 1. The second kappa shape index (κ2) is 7.22. The van der Waals surface area contributed by atoms with Gasteiger partial charge in [0.15, 0.2) is 0 Å². The van der Waals surface area contributed by atoms with Crippen molar-refractivity contribution in [1.29, 1.82) is 0 Å². The largest absolute Gasteiger partial charge is 0.462 e. The maximum atomic E-state index is 17.2. The summed E-state index contributed by atoms with van der Waals surface area (Å²) in [6, 6.07) is -0.923. The van der Waals surface area contributed by atoms with Crippen molar-refractivity contribution in [2.24, 2.45) is 34.5 Å². The van der Waals surface area contributed by atoms with Crippen molar-refractivity contribution >= 4 is 22.1 Å². The minimum Gasteiger partial charge on any atom is -0.462 e. The zero-order chi connectivity index (χ0) is 23.1. The van der Waals surface area contributed by atoms with Gasteiger partial charge in [0, 0.05) is 24.7 Å². The van der Waals surface area contributed by atoms with Gasteiger partial charge in [-0.25, -0.2) is 4.39 Å². The second-order valence-corrected chi connectivity index (χ2v) is 12.7. The molecular weight excluding hydrogens is 437 g/mol. The first-order valence-electron chi connectivity index (χ1n) is 12.0. The first kappa shape index (κ1) is 22.7. The van der Waals surface area contributed by atoms with Gasteiger partial charge in [0.05, 0.1) is 12.6 Å². The van der Waals surface area contributed by atoms with Crippen molar-refractivity contribution in [3.8, 4) is 0 Å². The summed E-state index contributed by atoms with van der Waals surface area (Å²) in [6.07, 6.45) is 4.14. The molecule has 9 heteroatoms. The third-order valence-corrected chi connectivity index (χ3v) is 11.1. The Morgan fingerprint density at radius 2 is 1.84 bits per heavy atom. The number of hydrogen-bond donors (Lipinski definition) is 1. The van der Waals surface area contributed by atoms with Crippen molar-refractivity contribution in [2.45, 2.75) is 90.0 Å². The molecule has 1 heterocycles. The smallest absolute Gasteiger partial charge is 0.336 e. The average Bonchev–Trinajstić information content (AvgIpc) is 3.02. The molecule has 5 rings (SSSR count). The first-order chi connectivity index (χ1) is 14.9. The number of Topliss-reactive ketones (excluding diaryl/α,β-unsaturated/α-hetero) is 1. The molecule has 1 N–H and O–H groups in total. The molecule has 1 saturated heterocycles. The molecule has 32 heavy (non-hydrogen) atoms. The molecule has 180 valence electrons. The molecule has 0 unspecified atom stereocenters. The van der Waals surface area contributed by atoms with E-state index >= 15 is 4.39 Å². The number of carbonyl (C=O) groups is 2. The van der Waals surface area contributed by atoms with Crippen LogP contribution in [0, 0.1) is 34.5 Å². The number of alkyl halides is 1. The van der Waals surface area contributed by atoms with E-state index in [0.29, 0.717) is 19.3 Å². The van der Waals surface area contributed by atoms with Crippen LogP contribution in [0.1, 0.15) is 72.1 Å². The predicted octanol–water partition coefficient (Wildman–Crippen LogP) is 3.08. The Hall–Kier alpha value is -1.06. The molecule has 4 saturated carbocycles. The Morgan fingerprint density at radius 1 is 1.09 bits per heavy atom. The molecule has 5 aliphatic rings. The topological polar surface area (TPSA) is 98.8 Å². The average molecular weight is 472 g/mol. The van der Waals surface area contributed by atoms with Crippen molar-refractivity contribution in [3.63, 3.8) is 0 Å². The van der Waals surface area contributed by atoms with Crippen molar-refractivity contribution in [3.05, 3.63) is 0 Å². The normalized spacial score (nSPS) is 51.5. The van der Waals surface area contributed by atoms with E-state index < -0.39 is 39.5 Å². The molecule has 5 fully saturated rings. The molecule has 0 aromatic carbocycles. The van der Waals surface area contributed by atoms with E-state index in [1.807, 2.05) is 0 Å². The molecule has 7 nitrogen and oxygen atoms in total. The van der Waals surface area contributed by atoms with Crippen LogP contribution in [-0.4, -0.2) is 44.6 Å². The number of hydrogen-bond acceptors (Lipinski definition) is 6. The van der Waals surface area contributed by atoms with Crippen LogP contribution < -0.4 is 4.72 Å². The fourth-order valence-corrected chi connectivity index (χ4v) is 9.91. The monoisotopic (exact) mass is 471 g/mol. The number of esters is 1. The van der Waals surface area contributed by atoms with Crippen LogP contribution in [0.15, 0.2) is 0 Å². The number of carbonyl (C=O) groups excluding carboxylic acids is 2. The highest BCUT2D eigenvalue weighted by atomic mass is 32.2. The summed E-state index contributed by atoms with van der Waals surface area (Å²) in [5, 5.41) is 0. The third kappa shape index (κ3) is 3.06. The lowest BCUT2D eigenvalue weighted by Gasteiger charge is -2.64. The van der Waals surface area contributed by atoms with E-state index in [4.69, 9.17) is 8.92 Å². The minimum absolute atomic E-state index is 0.00957. The van der Waals surface area contributed by atoms with Crippen LogP contribution in [0.2, 0.25) is 0 Å². The van der Waals surface area contributed by atoms with Crippen molar-refractivity contribution < 1.29 is 31.3 Å². The highest BCUT2D eigenvalue weighted by Gasteiger charge is 2.72. The lowest BCUT2D eigenvalue weighted by atomic mass is 9.42. The van der Waals surface area contributed by atoms with Gasteiger partial charge in [-0.05, 0) is 75.0 Å². The van der Waals surface area contributed by atoms with E-state index in [0.717, 1.165) is 25.7 Å². The van der Waals surface area contributed by atoms with Crippen LogP contribution >= 0.6 is 0 Å². The third-order valence-electron chi connectivity index (χ3n) is 10.1. The number of ketones is 1. The molecule has 0 radical (unpaired) electrons. The maximum Gasteiger partial charge on any atom is 0.336 e. The predicted molar refractivity (Wildman–Crippen MR) is 113 cm³/mol. The summed E-state index contributed by atoms with van der Waals surface area (Å²) in [5.41, 5.74) is -2.90. The number of fused-ring (bicyclic) bond motifs is 3. The van der Waals surface area contributed by atoms with Gasteiger partial charge in [0.25, 0.3) is 0 Å². The van der Waals surface area contributed by atoms with E-state index in [9.17, 15) is 18.0 Å². The number of nitrogens with one attached hydrogen (secondary N) is 1. The molecule has 4 aliphatic carbocycles. The molecule has 0 aromatic rings. The van der Waals surface area contributed by atoms with Gasteiger partial charge in [-0.3, -0.25) is 13.8 Å². The molecule has 2 bridgehead atoms. The zero-order valence-electron chi connectivity index (χ0n) is 19.1. The fraction of sp³-hybridized carbons (Fsp3) is 0.913. The summed E-state index contributed by atoms with van der Waals surface area (Å²) >= 11 is 0. The van der Waals surface area contributed by atoms with Gasteiger partial charge in [-0.2, -0.15) is 13.1 Å².